The van der Waals surface area contributed by atoms with E-state index in [4.69, 9.17) is 0 Å². The van der Waals surface area contributed by atoms with Crippen molar-refractivity contribution in [1.82, 2.24) is 0 Å². The number of halogens is 4. The Bertz CT molecular complexity index is 246. The summed E-state index contributed by atoms with van der Waals surface area (Å²) in [4.78, 5) is 3.67. The summed E-state index contributed by atoms with van der Waals surface area (Å²) < 4.78 is 49.0. The maximum absolute atomic E-state index is 12.4. The van der Waals surface area contributed by atoms with Gasteiger partial charge in [-0.05, 0) is 31.9 Å². The van der Waals surface area contributed by atoms with Crippen LogP contribution in [0.3, 0.4) is 0 Å². The van der Waals surface area contributed by atoms with Crippen molar-refractivity contribution in [2.75, 3.05) is 0 Å². The first-order valence-electron chi connectivity index (χ1n) is 4.70. The Morgan fingerprint density at radius 2 is 1.73 bits per heavy atom. The molecule has 0 aliphatic carbocycles. The van der Waals surface area contributed by atoms with Gasteiger partial charge in [0, 0.05) is 6.04 Å². The molecule has 0 rings (SSSR count). The van der Waals surface area contributed by atoms with E-state index in [1.54, 1.807) is 13.8 Å². The van der Waals surface area contributed by atoms with Crippen LogP contribution in [0, 0.1) is 0 Å². The lowest BCUT2D eigenvalue weighted by molar-refractivity contribution is 0.189. The van der Waals surface area contributed by atoms with Gasteiger partial charge in [-0.15, -0.1) is 0 Å². The predicted octanol–water partition coefficient (Wildman–Crippen LogP) is 3.70. The van der Waals surface area contributed by atoms with Crippen LogP contribution in [-0.2, 0) is 0 Å². The second-order valence-electron chi connectivity index (χ2n) is 3.30. The summed E-state index contributed by atoms with van der Waals surface area (Å²) in [6.07, 6.45) is -4.17. The SMILES string of the molecule is CCC(C)N=C(/C=C(\C)C(F)F)C(F)F. The number of alkyl halides is 4. The fourth-order valence-corrected chi connectivity index (χ4v) is 0.799. The molecule has 5 heteroatoms. The van der Waals surface area contributed by atoms with Crippen molar-refractivity contribution in [2.24, 2.45) is 4.99 Å². The molecule has 15 heavy (non-hydrogen) atoms. The summed E-state index contributed by atoms with van der Waals surface area (Å²) in [7, 11) is 0. The van der Waals surface area contributed by atoms with Gasteiger partial charge in [-0.1, -0.05) is 6.92 Å². The van der Waals surface area contributed by atoms with Gasteiger partial charge in [0.2, 0.25) is 0 Å². The summed E-state index contributed by atoms with van der Waals surface area (Å²) in [5.74, 6) is 0. The van der Waals surface area contributed by atoms with Gasteiger partial charge < -0.3 is 0 Å². The Labute approximate surface area is 86.9 Å². The number of allylic oxidation sites excluding steroid dienone is 2. The number of hydrogen-bond donors (Lipinski definition) is 0. The predicted molar refractivity (Wildman–Crippen MR) is 53.0 cm³/mol. The quantitative estimate of drug-likeness (QED) is 0.499. The molecule has 1 nitrogen and oxygen atoms in total. The van der Waals surface area contributed by atoms with Crippen LogP contribution in [0.1, 0.15) is 27.2 Å². The van der Waals surface area contributed by atoms with Gasteiger partial charge in [-0.3, -0.25) is 4.99 Å². The van der Waals surface area contributed by atoms with Crippen molar-refractivity contribution in [2.45, 2.75) is 46.1 Å². The van der Waals surface area contributed by atoms with Crippen LogP contribution in [0.2, 0.25) is 0 Å². The highest BCUT2D eigenvalue weighted by Gasteiger charge is 2.14. The van der Waals surface area contributed by atoms with Crippen molar-refractivity contribution >= 4 is 5.71 Å². The molecule has 0 spiro atoms. The summed E-state index contributed by atoms with van der Waals surface area (Å²) in [6, 6.07) is -0.282. The van der Waals surface area contributed by atoms with E-state index in [0.717, 1.165) is 13.0 Å². The summed E-state index contributed by atoms with van der Waals surface area (Å²) >= 11 is 0. The third kappa shape index (κ3) is 5.54. The van der Waals surface area contributed by atoms with Crippen LogP contribution in [0.15, 0.2) is 16.6 Å². The minimum absolute atomic E-state index is 0.282. The number of nitrogens with zero attached hydrogens (tertiary/aromatic N) is 1. The molecule has 0 N–H and O–H groups in total. The molecule has 0 saturated heterocycles. The van der Waals surface area contributed by atoms with Gasteiger partial charge in [0.05, 0.1) is 0 Å². The summed E-state index contributed by atoms with van der Waals surface area (Å²) in [6.45, 7) is 4.56. The van der Waals surface area contributed by atoms with Crippen LogP contribution in [-0.4, -0.2) is 24.6 Å². The monoisotopic (exact) mass is 225 g/mol. The fourth-order valence-electron chi connectivity index (χ4n) is 0.799. The Balaban J connectivity index is 4.84. The topological polar surface area (TPSA) is 12.4 Å². The van der Waals surface area contributed by atoms with Crippen molar-refractivity contribution in [3.05, 3.63) is 11.6 Å². The molecule has 1 unspecified atom stereocenters. The van der Waals surface area contributed by atoms with E-state index in [-0.39, 0.29) is 6.04 Å². The lowest BCUT2D eigenvalue weighted by Crippen LogP contribution is -2.13. The van der Waals surface area contributed by atoms with Crippen LogP contribution >= 0.6 is 0 Å². The molecule has 1 atom stereocenters. The van der Waals surface area contributed by atoms with Crippen molar-refractivity contribution in [1.29, 1.82) is 0 Å². The first-order chi connectivity index (χ1) is 6.88. The van der Waals surface area contributed by atoms with E-state index in [1.165, 1.54) is 0 Å². The largest absolute Gasteiger partial charge is 0.281 e. The zero-order valence-electron chi connectivity index (χ0n) is 8.98. The summed E-state index contributed by atoms with van der Waals surface area (Å²) in [5.41, 5.74) is -0.959. The summed E-state index contributed by atoms with van der Waals surface area (Å²) in [5, 5.41) is 0. The van der Waals surface area contributed by atoms with E-state index in [1.807, 2.05) is 0 Å². The van der Waals surface area contributed by atoms with E-state index < -0.39 is 24.1 Å². The first kappa shape index (κ1) is 14.1. The van der Waals surface area contributed by atoms with Crippen LogP contribution < -0.4 is 0 Å². The first-order valence-corrected chi connectivity index (χ1v) is 4.70. The van der Waals surface area contributed by atoms with Gasteiger partial charge in [-0.25, -0.2) is 17.6 Å². The van der Waals surface area contributed by atoms with Gasteiger partial charge in [-0.2, -0.15) is 0 Å². The Hall–Kier alpha value is -0.870. The lowest BCUT2D eigenvalue weighted by atomic mass is 10.2. The van der Waals surface area contributed by atoms with Crippen LogP contribution in [0.25, 0.3) is 0 Å². The minimum atomic E-state index is -2.81. The van der Waals surface area contributed by atoms with Crippen molar-refractivity contribution in [3.8, 4) is 0 Å². The Morgan fingerprint density at radius 1 is 1.20 bits per heavy atom. The smallest absolute Gasteiger partial charge is 0.279 e. The zero-order chi connectivity index (χ0) is 12.0. The molecule has 0 fully saturated rings. The highest BCUT2D eigenvalue weighted by atomic mass is 19.3. The number of hydrogen-bond acceptors (Lipinski definition) is 1. The average Bonchev–Trinajstić information content (AvgIpc) is 2.15. The highest BCUT2D eigenvalue weighted by Crippen LogP contribution is 2.11. The molecule has 0 bridgehead atoms. The molecule has 0 aliphatic heterocycles. The van der Waals surface area contributed by atoms with Gasteiger partial charge in [0.25, 0.3) is 12.9 Å². The minimum Gasteiger partial charge on any atom is -0.281 e. The molecular formula is C10H15F4N. The number of rotatable bonds is 5. The number of aliphatic imine (C=N–C) groups is 1. The van der Waals surface area contributed by atoms with E-state index in [0.29, 0.717) is 6.42 Å². The van der Waals surface area contributed by atoms with Gasteiger partial charge >= 0.3 is 0 Å². The molecule has 0 aromatic rings. The lowest BCUT2D eigenvalue weighted by Gasteiger charge is -2.07. The second kappa shape index (κ2) is 6.58. The fraction of sp³-hybridized carbons (Fsp3) is 0.700. The third-order valence-electron chi connectivity index (χ3n) is 1.90. The van der Waals surface area contributed by atoms with E-state index in [9.17, 15) is 17.6 Å². The van der Waals surface area contributed by atoms with Gasteiger partial charge in [0.1, 0.15) is 5.71 Å². The molecule has 0 aliphatic rings. The van der Waals surface area contributed by atoms with Crippen molar-refractivity contribution in [3.63, 3.8) is 0 Å². The normalized spacial score (nSPS) is 16.3. The molecule has 0 aromatic carbocycles. The maximum atomic E-state index is 12.4. The standard InChI is InChI=1S/C10H15F4N/c1-4-7(3)15-8(10(13)14)5-6(2)9(11)12/h5,7,9-10H,4H2,1-3H3/b6-5+,15-8?. The van der Waals surface area contributed by atoms with Crippen molar-refractivity contribution < 1.29 is 17.6 Å². The van der Waals surface area contributed by atoms with Gasteiger partial charge in [0.15, 0.2) is 0 Å². The molecule has 88 valence electrons. The highest BCUT2D eigenvalue weighted by molar-refractivity contribution is 5.98. The average molecular weight is 225 g/mol. The molecular weight excluding hydrogens is 210 g/mol. The maximum Gasteiger partial charge on any atom is 0.279 e. The molecule has 0 amide bonds. The van der Waals surface area contributed by atoms with E-state index >= 15 is 0 Å². The zero-order valence-corrected chi connectivity index (χ0v) is 8.98. The van der Waals surface area contributed by atoms with E-state index in [2.05, 4.69) is 4.99 Å². The van der Waals surface area contributed by atoms with Crippen LogP contribution in [0.5, 0.6) is 0 Å². The molecule has 0 radical (unpaired) electrons. The van der Waals surface area contributed by atoms with Crippen LogP contribution in [0.4, 0.5) is 17.6 Å². The molecule has 0 aromatic heterocycles. The molecule has 0 heterocycles. The Morgan fingerprint density at radius 3 is 2.07 bits per heavy atom. The molecule has 0 saturated carbocycles. The third-order valence-corrected chi connectivity index (χ3v) is 1.90. The second-order valence-corrected chi connectivity index (χ2v) is 3.30. The Kier molecular flexibility index (Phi) is 6.20.